The normalized spacial score (nSPS) is 15.8. The number of hydrogen-bond acceptors (Lipinski definition) is 6. The van der Waals surface area contributed by atoms with Gasteiger partial charge in [0.15, 0.2) is 0 Å². The molecule has 25 heavy (non-hydrogen) atoms. The third kappa shape index (κ3) is 2.68. The van der Waals surface area contributed by atoms with Gasteiger partial charge in [0.25, 0.3) is 5.56 Å². The maximum Gasteiger partial charge on any atom is 0.256 e. The predicted octanol–water partition coefficient (Wildman–Crippen LogP) is 1.92. The average Bonchev–Trinajstić information content (AvgIpc) is 2.59. The van der Waals surface area contributed by atoms with Crippen molar-refractivity contribution in [2.45, 2.75) is 12.8 Å². The number of nitrogens with two attached hydrogens (primary N) is 1. The third-order valence-electron chi connectivity index (χ3n) is 4.10. The summed E-state index contributed by atoms with van der Waals surface area (Å²) in [6.07, 6.45) is 0. The number of fused-ring (bicyclic) bond motifs is 1. The standard InChI is InChI=1S/C18H17N3O4/c1-9-6-14-16(18(22)21-9)15(12(8-19)17(20)25-14)11-5-4-10(23-2)7-13(11)24-3/h4-7,15H,20H2,1-3H3,(H,21,22). The zero-order valence-corrected chi connectivity index (χ0v) is 14.0. The number of nitrogens with zero attached hydrogens (tertiary/aromatic N) is 1. The molecule has 2 aromatic rings. The second kappa shape index (κ2) is 6.24. The monoisotopic (exact) mass is 339 g/mol. The van der Waals surface area contributed by atoms with Crippen LogP contribution in [0.25, 0.3) is 0 Å². The van der Waals surface area contributed by atoms with Crippen molar-refractivity contribution in [3.8, 4) is 23.3 Å². The Bertz CT molecular complexity index is 969. The van der Waals surface area contributed by atoms with Gasteiger partial charge in [-0.15, -0.1) is 0 Å². The molecular weight excluding hydrogens is 322 g/mol. The summed E-state index contributed by atoms with van der Waals surface area (Å²) in [6.45, 7) is 1.74. The summed E-state index contributed by atoms with van der Waals surface area (Å²) in [5.74, 6) is 0.696. The topological polar surface area (TPSA) is 110 Å². The van der Waals surface area contributed by atoms with Gasteiger partial charge < -0.3 is 24.9 Å². The quantitative estimate of drug-likeness (QED) is 0.884. The van der Waals surface area contributed by atoms with E-state index in [1.165, 1.54) is 7.11 Å². The Hall–Kier alpha value is -3.40. The molecule has 3 rings (SSSR count). The predicted molar refractivity (Wildman–Crippen MR) is 90.6 cm³/mol. The van der Waals surface area contributed by atoms with Crippen molar-refractivity contribution in [3.63, 3.8) is 0 Å². The fourth-order valence-electron chi connectivity index (χ4n) is 2.97. The molecule has 0 amide bonds. The van der Waals surface area contributed by atoms with Gasteiger partial charge >= 0.3 is 0 Å². The Kier molecular flexibility index (Phi) is 4.11. The molecule has 0 spiro atoms. The zero-order chi connectivity index (χ0) is 18.1. The summed E-state index contributed by atoms with van der Waals surface area (Å²) < 4.78 is 16.2. The Morgan fingerprint density at radius 3 is 2.68 bits per heavy atom. The lowest BCUT2D eigenvalue weighted by Gasteiger charge is -2.27. The van der Waals surface area contributed by atoms with E-state index in [1.54, 1.807) is 38.3 Å². The number of hydrogen-bond donors (Lipinski definition) is 2. The number of aryl methyl sites for hydroxylation is 1. The summed E-state index contributed by atoms with van der Waals surface area (Å²) in [4.78, 5) is 15.3. The first-order chi connectivity index (χ1) is 12.0. The maximum atomic E-state index is 12.6. The van der Waals surface area contributed by atoms with Crippen LogP contribution in [-0.2, 0) is 0 Å². The molecule has 1 aliphatic heterocycles. The molecule has 0 fully saturated rings. The van der Waals surface area contributed by atoms with Crippen LogP contribution in [0.3, 0.4) is 0 Å². The summed E-state index contributed by atoms with van der Waals surface area (Å²) in [6, 6.07) is 8.92. The number of nitrogens with one attached hydrogen (secondary N) is 1. The number of rotatable bonds is 3. The molecule has 0 saturated heterocycles. The summed E-state index contributed by atoms with van der Waals surface area (Å²) in [7, 11) is 3.06. The van der Waals surface area contributed by atoms with Crippen molar-refractivity contribution in [3.05, 3.63) is 62.9 Å². The van der Waals surface area contributed by atoms with Gasteiger partial charge in [-0.2, -0.15) is 5.26 Å². The number of methoxy groups -OCH3 is 2. The fourth-order valence-corrected chi connectivity index (χ4v) is 2.97. The molecule has 1 unspecified atom stereocenters. The molecule has 1 aromatic heterocycles. The minimum Gasteiger partial charge on any atom is -0.497 e. The SMILES string of the molecule is COc1ccc(C2C(C#N)=C(N)Oc3cc(C)[nH]c(=O)c32)c(OC)c1. The smallest absolute Gasteiger partial charge is 0.256 e. The molecule has 1 aliphatic rings. The van der Waals surface area contributed by atoms with Gasteiger partial charge in [0.2, 0.25) is 5.88 Å². The molecule has 3 N–H and O–H groups in total. The molecule has 7 heteroatoms. The van der Waals surface area contributed by atoms with Gasteiger partial charge in [-0.05, 0) is 13.0 Å². The van der Waals surface area contributed by atoms with E-state index in [2.05, 4.69) is 11.1 Å². The minimum atomic E-state index is -0.695. The van der Waals surface area contributed by atoms with Crippen LogP contribution >= 0.6 is 0 Å². The maximum absolute atomic E-state index is 12.6. The molecule has 7 nitrogen and oxygen atoms in total. The lowest BCUT2D eigenvalue weighted by atomic mass is 9.83. The van der Waals surface area contributed by atoms with E-state index in [4.69, 9.17) is 19.9 Å². The van der Waals surface area contributed by atoms with Crippen molar-refractivity contribution < 1.29 is 14.2 Å². The van der Waals surface area contributed by atoms with Gasteiger partial charge in [-0.25, -0.2) is 0 Å². The van der Waals surface area contributed by atoms with E-state index < -0.39 is 5.92 Å². The first kappa shape index (κ1) is 16.5. The average molecular weight is 339 g/mol. The van der Waals surface area contributed by atoms with Gasteiger partial charge in [0, 0.05) is 23.4 Å². The van der Waals surface area contributed by atoms with Gasteiger partial charge in [0.1, 0.15) is 28.9 Å². The van der Waals surface area contributed by atoms with Gasteiger partial charge in [-0.3, -0.25) is 4.79 Å². The summed E-state index contributed by atoms with van der Waals surface area (Å²) in [5.41, 5.74) is 7.34. The van der Waals surface area contributed by atoms with Crippen LogP contribution in [0.5, 0.6) is 17.2 Å². The van der Waals surface area contributed by atoms with Crippen LogP contribution in [-0.4, -0.2) is 19.2 Å². The van der Waals surface area contributed by atoms with E-state index in [0.717, 1.165) is 0 Å². The van der Waals surface area contributed by atoms with Crippen LogP contribution < -0.4 is 25.5 Å². The molecule has 128 valence electrons. The number of aromatic amines is 1. The second-order valence-corrected chi connectivity index (χ2v) is 5.59. The molecular formula is C18H17N3O4. The molecule has 1 atom stereocenters. The third-order valence-corrected chi connectivity index (χ3v) is 4.10. The van der Waals surface area contributed by atoms with E-state index in [0.29, 0.717) is 34.1 Å². The molecule has 0 radical (unpaired) electrons. The highest BCUT2D eigenvalue weighted by Gasteiger charge is 2.35. The van der Waals surface area contributed by atoms with Crippen molar-refractivity contribution in [1.29, 1.82) is 5.26 Å². The van der Waals surface area contributed by atoms with Crippen molar-refractivity contribution in [2.75, 3.05) is 14.2 Å². The minimum absolute atomic E-state index is 0.0251. The molecule has 1 aromatic carbocycles. The lowest BCUT2D eigenvalue weighted by Crippen LogP contribution is -2.28. The van der Waals surface area contributed by atoms with Crippen LogP contribution in [0.15, 0.2) is 40.5 Å². The van der Waals surface area contributed by atoms with Gasteiger partial charge in [-0.1, -0.05) is 6.07 Å². The van der Waals surface area contributed by atoms with Crippen molar-refractivity contribution >= 4 is 0 Å². The molecule has 0 bridgehead atoms. The number of allylic oxidation sites excluding steroid dienone is 1. The van der Waals surface area contributed by atoms with Crippen LogP contribution in [0.1, 0.15) is 22.7 Å². The Labute approximate surface area is 144 Å². The fraction of sp³-hybridized carbons (Fsp3) is 0.222. The highest BCUT2D eigenvalue weighted by Crippen LogP contribution is 2.44. The Morgan fingerprint density at radius 1 is 1.28 bits per heavy atom. The number of benzene rings is 1. The number of aromatic nitrogens is 1. The van der Waals surface area contributed by atoms with Crippen LogP contribution in [0.4, 0.5) is 0 Å². The first-order valence-corrected chi connectivity index (χ1v) is 7.53. The number of nitriles is 1. The Balaban J connectivity index is 2.32. The highest BCUT2D eigenvalue weighted by molar-refractivity contribution is 5.58. The van der Waals surface area contributed by atoms with E-state index in [9.17, 15) is 10.1 Å². The molecule has 0 aliphatic carbocycles. The zero-order valence-electron chi connectivity index (χ0n) is 14.0. The van der Waals surface area contributed by atoms with Crippen molar-refractivity contribution in [2.24, 2.45) is 5.73 Å². The number of ether oxygens (including phenoxy) is 3. The van der Waals surface area contributed by atoms with Gasteiger partial charge in [0.05, 0.1) is 25.7 Å². The second-order valence-electron chi connectivity index (χ2n) is 5.59. The Morgan fingerprint density at radius 2 is 2.04 bits per heavy atom. The number of H-pyrrole nitrogens is 1. The van der Waals surface area contributed by atoms with Crippen LogP contribution in [0, 0.1) is 18.3 Å². The summed E-state index contributed by atoms with van der Waals surface area (Å²) in [5, 5.41) is 9.58. The largest absolute Gasteiger partial charge is 0.497 e. The molecule has 2 heterocycles. The lowest BCUT2D eigenvalue weighted by molar-refractivity contribution is 0.380. The molecule has 0 saturated carbocycles. The van der Waals surface area contributed by atoms with E-state index in [1.807, 2.05) is 0 Å². The van der Waals surface area contributed by atoms with E-state index >= 15 is 0 Å². The summed E-state index contributed by atoms with van der Waals surface area (Å²) >= 11 is 0. The van der Waals surface area contributed by atoms with Crippen LogP contribution in [0.2, 0.25) is 0 Å². The first-order valence-electron chi connectivity index (χ1n) is 7.53. The van der Waals surface area contributed by atoms with Crippen molar-refractivity contribution in [1.82, 2.24) is 4.98 Å². The number of pyridine rings is 1. The van der Waals surface area contributed by atoms with E-state index in [-0.39, 0.29) is 17.0 Å². The highest BCUT2D eigenvalue weighted by atomic mass is 16.5.